The molecule has 2 aromatic carbocycles. The van der Waals surface area contributed by atoms with E-state index in [0.717, 1.165) is 22.2 Å². The van der Waals surface area contributed by atoms with Gasteiger partial charge >= 0.3 is 6.18 Å². The fraction of sp³-hybridized carbons (Fsp3) is 0.450. The van der Waals surface area contributed by atoms with Crippen molar-refractivity contribution in [2.24, 2.45) is 0 Å². The fourth-order valence-corrected chi connectivity index (χ4v) is 3.72. The number of carbonyl (C=O) groups is 1. The molecule has 0 aromatic heterocycles. The molecule has 6 heteroatoms. The van der Waals surface area contributed by atoms with E-state index in [0.29, 0.717) is 12.0 Å². The Bertz CT molecular complexity index is 829. The van der Waals surface area contributed by atoms with Gasteiger partial charge in [-0.2, -0.15) is 18.2 Å². The number of benzene rings is 2. The first-order valence-corrected chi connectivity index (χ1v) is 8.80. The van der Waals surface area contributed by atoms with E-state index >= 15 is 0 Å². The van der Waals surface area contributed by atoms with Crippen LogP contribution in [0, 0.1) is 0 Å². The maximum Gasteiger partial charge on any atom is 0.409 e. The maximum absolute atomic E-state index is 14.2. The topological polar surface area (TPSA) is 32.3 Å². The van der Waals surface area contributed by atoms with Crippen molar-refractivity contribution < 1.29 is 18.0 Å². The Morgan fingerprint density at radius 3 is 2.31 bits per heavy atom. The van der Waals surface area contributed by atoms with Crippen LogP contribution in [0.5, 0.6) is 0 Å². The molecule has 1 N–H and O–H groups in total. The van der Waals surface area contributed by atoms with Crippen LogP contribution >= 0.6 is 0 Å². The zero-order valence-corrected chi connectivity index (χ0v) is 15.2. The average molecular weight is 364 g/mol. The summed E-state index contributed by atoms with van der Waals surface area (Å²) in [6.45, 7) is 5.26. The van der Waals surface area contributed by atoms with Crippen molar-refractivity contribution in [3.05, 3.63) is 47.5 Å². The number of nitrogens with zero attached hydrogens (tertiary/aromatic N) is 1. The second kappa shape index (κ2) is 6.58. The first-order valence-electron chi connectivity index (χ1n) is 8.80. The highest BCUT2D eigenvalue weighted by molar-refractivity contribution is 5.84. The highest BCUT2D eigenvalue weighted by atomic mass is 19.4. The van der Waals surface area contributed by atoms with E-state index in [2.05, 4.69) is 5.43 Å². The van der Waals surface area contributed by atoms with Crippen molar-refractivity contribution >= 4 is 16.7 Å². The van der Waals surface area contributed by atoms with Gasteiger partial charge in [-0.1, -0.05) is 43.7 Å². The number of nitrogens with one attached hydrogen (secondary N) is 1. The molecule has 26 heavy (non-hydrogen) atoms. The molecule has 0 radical (unpaired) electrons. The lowest BCUT2D eigenvalue weighted by molar-refractivity contribution is -0.204. The molecule has 1 aliphatic heterocycles. The van der Waals surface area contributed by atoms with Gasteiger partial charge < -0.3 is 0 Å². The molecule has 140 valence electrons. The minimum absolute atomic E-state index is 0.0380. The molecule has 1 saturated heterocycles. The Hall–Kier alpha value is -2.08. The van der Waals surface area contributed by atoms with Crippen LogP contribution in [0.4, 0.5) is 13.2 Å². The average Bonchev–Trinajstić information content (AvgIpc) is 2.79. The van der Waals surface area contributed by atoms with Crippen LogP contribution in [-0.2, 0) is 11.2 Å². The number of hydrogen-bond donors (Lipinski definition) is 1. The number of hydrazine groups is 1. The third-order valence-corrected chi connectivity index (χ3v) is 4.88. The number of fused-ring (bicyclic) bond motifs is 1. The molecule has 0 spiro atoms. The van der Waals surface area contributed by atoms with E-state index in [9.17, 15) is 18.0 Å². The lowest BCUT2D eigenvalue weighted by Gasteiger charge is -2.38. The predicted molar refractivity (Wildman–Crippen MR) is 95.4 cm³/mol. The Morgan fingerprint density at radius 2 is 1.81 bits per heavy atom. The normalized spacial score (nSPS) is 18.9. The van der Waals surface area contributed by atoms with Gasteiger partial charge in [-0.15, -0.1) is 0 Å². The highest BCUT2D eigenvalue weighted by Gasteiger charge is 2.53. The van der Waals surface area contributed by atoms with Gasteiger partial charge in [-0.3, -0.25) is 10.2 Å². The third-order valence-electron chi connectivity index (χ3n) is 4.88. The number of amides is 1. The number of aryl methyl sites for hydroxylation is 1. The Kier molecular flexibility index (Phi) is 4.73. The van der Waals surface area contributed by atoms with Crippen molar-refractivity contribution in [3.8, 4) is 0 Å². The highest BCUT2D eigenvalue weighted by Crippen LogP contribution is 2.44. The second-order valence-electron chi connectivity index (χ2n) is 7.49. The van der Waals surface area contributed by atoms with Crippen LogP contribution in [0.1, 0.15) is 50.8 Å². The third kappa shape index (κ3) is 3.43. The summed E-state index contributed by atoms with van der Waals surface area (Å²) in [5.41, 5.74) is 2.40. The summed E-state index contributed by atoms with van der Waals surface area (Å²) >= 11 is 0. The summed E-state index contributed by atoms with van der Waals surface area (Å²) in [5.74, 6) is -0.387. The van der Waals surface area contributed by atoms with E-state index in [-0.39, 0.29) is 17.9 Å². The lowest BCUT2D eigenvalue weighted by atomic mass is 9.90. The molecule has 2 aromatic rings. The van der Waals surface area contributed by atoms with Crippen LogP contribution in [0.25, 0.3) is 10.8 Å². The lowest BCUT2D eigenvalue weighted by Crippen LogP contribution is -2.51. The quantitative estimate of drug-likeness (QED) is 0.836. The Balaban J connectivity index is 2.21. The van der Waals surface area contributed by atoms with Crippen molar-refractivity contribution in [2.45, 2.75) is 57.8 Å². The van der Waals surface area contributed by atoms with E-state index in [1.807, 2.05) is 37.3 Å². The molecular weight excluding hydrogens is 341 g/mol. The molecule has 1 amide bonds. The first-order chi connectivity index (χ1) is 12.1. The summed E-state index contributed by atoms with van der Waals surface area (Å²) in [4.78, 5) is 11.8. The largest absolute Gasteiger partial charge is 0.409 e. The van der Waals surface area contributed by atoms with Gasteiger partial charge in [0.15, 0.2) is 6.04 Å². The molecule has 1 atom stereocenters. The van der Waals surface area contributed by atoms with Crippen molar-refractivity contribution in [2.75, 3.05) is 0 Å². The van der Waals surface area contributed by atoms with Crippen LogP contribution in [-0.4, -0.2) is 22.6 Å². The molecule has 3 rings (SSSR count). The van der Waals surface area contributed by atoms with Crippen molar-refractivity contribution in [3.63, 3.8) is 0 Å². The zero-order valence-electron chi connectivity index (χ0n) is 15.2. The van der Waals surface area contributed by atoms with E-state index < -0.39 is 17.8 Å². The second-order valence-corrected chi connectivity index (χ2v) is 7.49. The van der Waals surface area contributed by atoms with Crippen LogP contribution in [0.3, 0.4) is 0 Å². The number of alkyl halides is 3. The fourth-order valence-electron chi connectivity index (χ4n) is 3.72. The first kappa shape index (κ1) is 18.7. The van der Waals surface area contributed by atoms with Gasteiger partial charge in [0.25, 0.3) is 0 Å². The predicted octanol–water partition coefficient (Wildman–Crippen LogP) is 4.91. The summed E-state index contributed by atoms with van der Waals surface area (Å²) in [5, 5.41) is 2.77. The molecular formula is C20H23F3N2O. The van der Waals surface area contributed by atoms with Gasteiger partial charge in [0.1, 0.15) is 0 Å². The molecule has 3 nitrogen and oxygen atoms in total. The minimum Gasteiger partial charge on any atom is -0.287 e. The van der Waals surface area contributed by atoms with E-state index in [4.69, 9.17) is 0 Å². The van der Waals surface area contributed by atoms with Gasteiger partial charge in [-0.25, -0.2) is 0 Å². The van der Waals surface area contributed by atoms with Gasteiger partial charge in [0.05, 0.1) is 0 Å². The van der Waals surface area contributed by atoms with Crippen molar-refractivity contribution in [1.82, 2.24) is 10.4 Å². The number of halogens is 3. The van der Waals surface area contributed by atoms with Crippen LogP contribution < -0.4 is 5.43 Å². The number of carbonyl (C=O) groups excluding carboxylic acids is 1. The molecule has 0 aliphatic carbocycles. The van der Waals surface area contributed by atoms with Crippen LogP contribution in [0.15, 0.2) is 36.4 Å². The Morgan fingerprint density at radius 1 is 1.19 bits per heavy atom. The summed E-state index contributed by atoms with van der Waals surface area (Å²) < 4.78 is 42.5. The monoisotopic (exact) mass is 364 g/mol. The molecule has 0 saturated carbocycles. The molecule has 1 aliphatic rings. The standard InChI is InChI=1S/C20H23F3N2O/c1-4-7-15-10-13-8-5-6-9-14(13)11-16(15)18(20(21,22)23)25-19(2,3)12-17(26)24-25/h5-6,8-11,18H,4,7,12H2,1-3H3,(H,24,26). The number of hydrogen-bond acceptors (Lipinski definition) is 2. The smallest absolute Gasteiger partial charge is 0.287 e. The van der Waals surface area contributed by atoms with Crippen LogP contribution in [0.2, 0.25) is 0 Å². The van der Waals surface area contributed by atoms with Gasteiger partial charge in [-0.05, 0) is 48.2 Å². The molecule has 1 fully saturated rings. The molecule has 1 unspecified atom stereocenters. The summed E-state index contributed by atoms with van der Waals surface area (Å²) in [7, 11) is 0. The Labute approximate surface area is 151 Å². The SMILES string of the molecule is CCCc1cc2ccccc2cc1C(N1NC(=O)CC1(C)C)C(F)(F)F. The van der Waals surface area contributed by atoms with Gasteiger partial charge in [0, 0.05) is 12.0 Å². The van der Waals surface area contributed by atoms with Gasteiger partial charge in [0.2, 0.25) is 5.91 Å². The maximum atomic E-state index is 14.2. The number of rotatable bonds is 4. The summed E-state index contributed by atoms with van der Waals surface area (Å²) in [6.07, 6.45) is -3.18. The summed E-state index contributed by atoms with van der Waals surface area (Å²) in [6, 6.07) is 9.00. The molecule has 0 bridgehead atoms. The van der Waals surface area contributed by atoms with E-state index in [1.165, 1.54) is 0 Å². The van der Waals surface area contributed by atoms with E-state index in [1.54, 1.807) is 19.9 Å². The minimum atomic E-state index is -4.51. The van der Waals surface area contributed by atoms with Crippen molar-refractivity contribution in [1.29, 1.82) is 0 Å². The zero-order chi connectivity index (χ0) is 19.1. The molecule has 1 heterocycles.